The predicted octanol–water partition coefficient (Wildman–Crippen LogP) is 3.80. The van der Waals surface area contributed by atoms with E-state index >= 15 is 0 Å². The van der Waals surface area contributed by atoms with Crippen LogP contribution in [0.25, 0.3) is 0 Å². The quantitative estimate of drug-likeness (QED) is 0.157. The molecule has 2 aliphatic rings. The van der Waals surface area contributed by atoms with Gasteiger partial charge in [-0.3, -0.25) is 28.8 Å². The molecule has 2 heterocycles. The minimum absolute atomic E-state index is 0.0639. The number of hydrogen-bond donors (Lipinski definition) is 7. The van der Waals surface area contributed by atoms with Crippen LogP contribution < -0.4 is 31.3 Å². The van der Waals surface area contributed by atoms with Crippen LogP contribution in [0.15, 0.2) is 60.7 Å². The number of amides is 6. The fourth-order valence-corrected chi connectivity index (χ4v) is 4.67. The van der Waals surface area contributed by atoms with Crippen LogP contribution >= 0.6 is 0 Å². The van der Waals surface area contributed by atoms with Gasteiger partial charge in [-0.1, -0.05) is 57.5 Å². The molecule has 314 valence electrons. The number of phenols is 2. The molecule has 15 heteroatoms. The van der Waals surface area contributed by atoms with Crippen LogP contribution in [0.3, 0.4) is 0 Å². The average Bonchev–Trinajstić information content (AvgIpc) is 3.20. The van der Waals surface area contributed by atoms with Crippen molar-refractivity contribution in [3.8, 4) is 23.0 Å². The summed E-state index contributed by atoms with van der Waals surface area (Å²) >= 11 is 0. The summed E-state index contributed by atoms with van der Waals surface area (Å²) in [5.74, 6) is -0.219. The Morgan fingerprint density at radius 2 is 1.49 bits per heavy atom. The van der Waals surface area contributed by atoms with E-state index in [9.17, 15) is 33.9 Å². The first-order valence-corrected chi connectivity index (χ1v) is 19.0. The van der Waals surface area contributed by atoms with Crippen molar-refractivity contribution in [1.29, 1.82) is 0 Å². The van der Waals surface area contributed by atoms with Gasteiger partial charge in [-0.15, -0.1) is 0 Å². The lowest BCUT2D eigenvalue weighted by atomic mass is 10.0. The van der Waals surface area contributed by atoms with Crippen LogP contribution in [-0.4, -0.2) is 96.9 Å². The molecule has 3 aromatic carbocycles. The highest BCUT2D eigenvalue weighted by Gasteiger charge is 2.23. The number of carbonyl (C=O) groups is 6. The number of nitrogens with one attached hydrogen (secondary N) is 5. The molecular weight excluding hydrogens is 732 g/mol. The lowest BCUT2D eigenvalue weighted by Gasteiger charge is -2.22. The Kier molecular flexibility index (Phi) is 25.3. The van der Waals surface area contributed by atoms with Crippen molar-refractivity contribution in [3.05, 3.63) is 82.9 Å². The minimum atomic E-state index is -0.866. The highest BCUT2D eigenvalue weighted by atomic mass is 16.5. The topological polar surface area (TPSA) is 215 Å². The third-order valence-corrected chi connectivity index (χ3v) is 7.88. The van der Waals surface area contributed by atoms with Gasteiger partial charge in [-0.2, -0.15) is 0 Å². The Hall–Kier alpha value is -6.12. The molecule has 5 rings (SSSR count). The van der Waals surface area contributed by atoms with E-state index < -0.39 is 29.8 Å². The summed E-state index contributed by atoms with van der Waals surface area (Å²) in [5, 5.41) is 31.1. The van der Waals surface area contributed by atoms with Gasteiger partial charge in [-0.05, 0) is 93.6 Å². The molecule has 57 heavy (non-hydrogen) atoms. The molecule has 0 aliphatic carbocycles. The van der Waals surface area contributed by atoms with Gasteiger partial charge in [0.2, 0.25) is 35.9 Å². The Bertz CT molecular complexity index is 1680. The summed E-state index contributed by atoms with van der Waals surface area (Å²) in [7, 11) is 2.84. The zero-order valence-corrected chi connectivity index (χ0v) is 34.9. The minimum Gasteiger partial charge on any atom is -0.508 e. The van der Waals surface area contributed by atoms with Gasteiger partial charge in [0.25, 0.3) is 0 Å². The van der Waals surface area contributed by atoms with Gasteiger partial charge in [0.05, 0.1) is 13.1 Å². The molecule has 2 atom stereocenters. The summed E-state index contributed by atoms with van der Waals surface area (Å²) in [6.45, 7) is 15.0. The lowest BCUT2D eigenvalue weighted by Crippen LogP contribution is -2.52. The van der Waals surface area contributed by atoms with Gasteiger partial charge in [0.15, 0.2) is 11.5 Å². The first-order valence-electron chi connectivity index (χ1n) is 19.0. The molecule has 0 fully saturated rings. The Balaban J connectivity index is 0.000000858. The van der Waals surface area contributed by atoms with Crippen LogP contribution in [-0.2, 0) is 41.6 Å². The van der Waals surface area contributed by atoms with E-state index in [0.29, 0.717) is 49.5 Å². The number of aromatic hydroxyl groups is 2. The molecule has 2 aliphatic heterocycles. The number of benzene rings is 3. The smallest absolute Gasteiger partial charge is 0.245 e. The Morgan fingerprint density at radius 1 is 0.877 bits per heavy atom. The predicted molar refractivity (Wildman–Crippen MR) is 221 cm³/mol. The van der Waals surface area contributed by atoms with Crippen molar-refractivity contribution in [2.45, 2.75) is 86.7 Å². The van der Waals surface area contributed by atoms with E-state index in [4.69, 9.17) is 9.84 Å². The van der Waals surface area contributed by atoms with Gasteiger partial charge >= 0.3 is 0 Å². The van der Waals surface area contributed by atoms with E-state index in [1.807, 2.05) is 84.0 Å². The second kappa shape index (κ2) is 28.3. The van der Waals surface area contributed by atoms with Crippen molar-refractivity contribution in [3.63, 3.8) is 0 Å². The number of aryl methyl sites for hydroxylation is 3. The van der Waals surface area contributed by atoms with E-state index in [-0.39, 0.29) is 30.7 Å². The highest BCUT2D eigenvalue weighted by Crippen LogP contribution is 2.33. The first kappa shape index (κ1) is 50.9. The highest BCUT2D eigenvalue weighted by molar-refractivity contribution is 5.92. The van der Waals surface area contributed by atoms with Gasteiger partial charge in [0, 0.05) is 27.1 Å². The standard InChI is InChI=1S/C18H19NO3.C13H23N5O5.C7H8O.2C2H6/c1-12-10-16(20)17-11-14(12)8-9-19-18(21)7-4-13-2-5-15(22-17)6-3-13;1-8(16-7-19)12(22)17-9(2)13(23)18(4)6-11(21)15-5-10(20)14-3;1-6-2-4-7(8)5-3-6;2*1-2/h2-3,5-6,10-11,20H,4,7-9H2,1H3,(H,19,21);7-9H,5-6H2,1-4H3,(H,14,20)(H,15,21)(H,16,19)(H,17,22);2-5,8H,1H3;2*1-2H3/t;8?,9-;;;/m.0.../s1. The molecule has 3 aromatic rings. The molecule has 0 spiro atoms. The fourth-order valence-electron chi connectivity index (χ4n) is 4.67. The number of fused-ring (bicyclic) bond motifs is 7. The van der Waals surface area contributed by atoms with Gasteiger partial charge < -0.3 is 46.4 Å². The normalized spacial score (nSPS) is 12.2. The van der Waals surface area contributed by atoms with Crippen molar-refractivity contribution < 1.29 is 43.7 Å². The van der Waals surface area contributed by atoms with E-state index in [0.717, 1.165) is 21.6 Å². The van der Waals surface area contributed by atoms with Crippen molar-refractivity contribution in [1.82, 2.24) is 31.5 Å². The number of phenolic OH excluding ortho intramolecular Hbond substituents is 2. The van der Waals surface area contributed by atoms with Gasteiger partial charge in [0.1, 0.15) is 23.6 Å². The monoisotopic (exact) mass is 794 g/mol. The maximum atomic E-state index is 12.1. The largest absolute Gasteiger partial charge is 0.508 e. The summed E-state index contributed by atoms with van der Waals surface area (Å²) in [4.78, 5) is 69.6. The molecule has 7 N–H and O–H groups in total. The maximum absolute atomic E-state index is 12.1. The Labute approximate surface area is 337 Å². The first-order chi connectivity index (χ1) is 27.1. The Morgan fingerprint density at radius 3 is 2.05 bits per heavy atom. The molecule has 0 saturated heterocycles. The summed E-state index contributed by atoms with van der Waals surface area (Å²) < 4.78 is 5.79. The number of ether oxygens (including phenoxy) is 1. The average molecular weight is 795 g/mol. The molecule has 0 radical (unpaired) electrons. The molecule has 0 aromatic heterocycles. The van der Waals surface area contributed by atoms with Crippen molar-refractivity contribution in [2.24, 2.45) is 0 Å². The van der Waals surface area contributed by atoms with Crippen LogP contribution in [0.1, 0.15) is 70.2 Å². The maximum Gasteiger partial charge on any atom is 0.245 e. The van der Waals surface area contributed by atoms with Gasteiger partial charge in [-0.25, -0.2) is 0 Å². The molecule has 6 amide bonds. The van der Waals surface area contributed by atoms with Crippen LogP contribution in [0.5, 0.6) is 23.0 Å². The second-order valence-corrected chi connectivity index (χ2v) is 12.3. The van der Waals surface area contributed by atoms with E-state index in [1.54, 1.807) is 18.2 Å². The van der Waals surface area contributed by atoms with E-state index in [1.165, 1.54) is 33.5 Å². The van der Waals surface area contributed by atoms with Crippen LogP contribution in [0.4, 0.5) is 0 Å². The zero-order valence-electron chi connectivity index (χ0n) is 34.9. The fraction of sp³-hybridized carbons (Fsp3) is 0.429. The van der Waals surface area contributed by atoms with Crippen LogP contribution in [0.2, 0.25) is 0 Å². The number of likely N-dealkylation sites (N-methyl/N-ethyl adjacent to an activating group) is 2. The number of rotatable bonds is 9. The zero-order chi connectivity index (χ0) is 43.5. The van der Waals surface area contributed by atoms with Crippen molar-refractivity contribution >= 4 is 35.9 Å². The summed E-state index contributed by atoms with van der Waals surface area (Å²) in [6, 6.07) is 16.6. The number of hydrogen-bond acceptors (Lipinski definition) is 9. The molecule has 15 nitrogen and oxygen atoms in total. The SMILES string of the molecule is CC.CC.CNC(=O)CNC(=O)CN(C)C(=O)[C@H](C)NC(=O)C(C)NC=O.Cc1cc(O)c2cc1CCNC(=O)CCc1ccc(cc1)O2.Cc1ccc(O)cc1. The molecular formula is C42H62N6O9. The summed E-state index contributed by atoms with van der Waals surface area (Å²) in [6.07, 6.45) is 2.30. The third kappa shape index (κ3) is 20.4. The van der Waals surface area contributed by atoms with E-state index in [2.05, 4.69) is 26.6 Å². The van der Waals surface area contributed by atoms with Crippen LogP contribution in [0, 0.1) is 13.8 Å². The second-order valence-electron chi connectivity index (χ2n) is 12.3. The van der Waals surface area contributed by atoms with Crippen molar-refractivity contribution in [2.75, 3.05) is 33.7 Å². The molecule has 4 bridgehead atoms. The lowest BCUT2D eigenvalue weighted by molar-refractivity contribution is -0.138. The molecule has 0 saturated carbocycles. The molecule has 1 unspecified atom stereocenters. The summed E-state index contributed by atoms with van der Waals surface area (Å²) in [5.41, 5.74) is 4.31. The number of carbonyl (C=O) groups excluding carboxylic acids is 6. The number of nitrogens with zero attached hydrogens (tertiary/aromatic N) is 1. The third-order valence-electron chi connectivity index (χ3n) is 7.88.